The van der Waals surface area contributed by atoms with Gasteiger partial charge in [0.1, 0.15) is 17.8 Å². The molecule has 1 saturated carbocycles. The maximum atomic E-state index is 11.7. The molecule has 1 aliphatic heterocycles. The molecule has 0 amide bonds. The maximum Gasteiger partial charge on any atom is 0.334 e. The van der Waals surface area contributed by atoms with Gasteiger partial charge in [-0.1, -0.05) is 18.2 Å². The molecule has 110 valence electrons. The lowest BCUT2D eigenvalue weighted by Gasteiger charge is -2.44. The monoisotopic (exact) mass is 280 g/mol. The lowest BCUT2D eigenvalue weighted by atomic mass is 9.71. The highest BCUT2D eigenvalue weighted by Crippen LogP contribution is 2.54. The molecular weight excluding hydrogens is 260 g/mol. The van der Waals surface area contributed by atoms with Crippen LogP contribution in [0, 0.1) is 11.8 Å². The SMILES string of the molecule is C=C1C(=O)OC2C1CCC(C)(O)C1(O)C(O)C=C(C)C21. The van der Waals surface area contributed by atoms with Gasteiger partial charge in [0.2, 0.25) is 0 Å². The Morgan fingerprint density at radius 1 is 1.45 bits per heavy atom. The summed E-state index contributed by atoms with van der Waals surface area (Å²) in [5.74, 6) is -1.28. The number of rotatable bonds is 0. The largest absolute Gasteiger partial charge is 0.458 e. The Balaban J connectivity index is 2.13. The predicted molar refractivity (Wildman–Crippen MR) is 70.6 cm³/mol. The van der Waals surface area contributed by atoms with E-state index in [0.717, 1.165) is 5.57 Å². The molecule has 0 aromatic rings. The van der Waals surface area contributed by atoms with Crippen LogP contribution in [0.1, 0.15) is 26.7 Å². The summed E-state index contributed by atoms with van der Waals surface area (Å²) < 4.78 is 5.39. The summed E-state index contributed by atoms with van der Waals surface area (Å²) in [6.45, 7) is 7.08. The molecule has 20 heavy (non-hydrogen) atoms. The van der Waals surface area contributed by atoms with Crippen LogP contribution in [0.15, 0.2) is 23.8 Å². The van der Waals surface area contributed by atoms with Crippen LogP contribution in [-0.4, -0.2) is 44.7 Å². The summed E-state index contributed by atoms with van der Waals surface area (Å²) in [6.07, 6.45) is 0.572. The molecule has 5 nitrogen and oxygen atoms in total. The minimum atomic E-state index is -1.73. The fraction of sp³-hybridized carbons (Fsp3) is 0.667. The molecule has 3 aliphatic rings. The predicted octanol–water partition coefficient (Wildman–Crippen LogP) is 0.297. The molecular formula is C15H20O5. The number of carbonyl (C=O) groups excluding carboxylic acids is 1. The van der Waals surface area contributed by atoms with Gasteiger partial charge in [0.15, 0.2) is 0 Å². The van der Waals surface area contributed by atoms with Gasteiger partial charge < -0.3 is 20.1 Å². The van der Waals surface area contributed by atoms with E-state index in [2.05, 4.69) is 6.58 Å². The van der Waals surface area contributed by atoms with Gasteiger partial charge in [-0.25, -0.2) is 4.79 Å². The average molecular weight is 280 g/mol. The molecule has 3 rings (SSSR count). The van der Waals surface area contributed by atoms with Crippen LogP contribution in [0.4, 0.5) is 0 Å². The van der Waals surface area contributed by atoms with Crippen molar-refractivity contribution in [2.75, 3.05) is 0 Å². The third-order valence-electron chi connectivity index (χ3n) is 5.32. The van der Waals surface area contributed by atoms with Gasteiger partial charge in [-0.3, -0.25) is 0 Å². The van der Waals surface area contributed by atoms with E-state index < -0.39 is 35.3 Å². The van der Waals surface area contributed by atoms with Gasteiger partial charge in [-0.15, -0.1) is 0 Å². The van der Waals surface area contributed by atoms with Crippen LogP contribution in [0.2, 0.25) is 0 Å². The Morgan fingerprint density at radius 2 is 2.10 bits per heavy atom. The van der Waals surface area contributed by atoms with Crippen molar-refractivity contribution in [3.8, 4) is 0 Å². The standard InChI is InChI=1S/C15H20O5/c1-7-6-10(16)15(19)11(7)12-9(4-5-14(15,3)18)8(2)13(17)20-12/h6,9-12,16,18-19H,2,4-5H2,1,3H3. The van der Waals surface area contributed by atoms with Crippen LogP contribution in [0.25, 0.3) is 0 Å². The summed E-state index contributed by atoms with van der Waals surface area (Å²) in [4.78, 5) is 11.7. The third kappa shape index (κ3) is 1.46. The number of ether oxygens (including phenoxy) is 1. The van der Waals surface area contributed by atoms with Gasteiger partial charge in [0, 0.05) is 11.5 Å². The Kier molecular flexibility index (Phi) is 2.71. The van der Waals surface area contributed by atoms with Crippen molar-refractivity contribution >= 4 is 5.97 Å². The van der Waals surface area contributed by atoms with Gasteiger partial charge in [-0.05, 0) is 26.7 Å². The summed E-state index contributed by atoms with van der Waals surface area (Å²) in [7, 11) is 0. The zero-order valence-corrected chi connectivity index (χ0v) is 11.7. The second-order valence-corrected chi connectivity index (χ2v) is 6.47. The number of esters is 1. The highest BCUT2D eigenvalue weighted by Gasteiger charge is 2.65. The zero-order chi connectivity index (χ0) is 14.9. The Hall–Kier alpha value is -1.17. The van der Waals surface area contributed by atoms with Crippen molar-refractivity contribution in [3.05, 3.63) is 23.8 Å². The van der Waals surface area contributed by atoms with Gasteiger partial charge in [0.25, 0.3) is 0 Å². The quantitative estimate of drug-likeness (QED) is 0.337. The van der Waals surface area contributed by atoms with Crippen molar-refractivity contribution in [3.63, 3.8) is 0 Å². The lowest BCUT2D eigenvalue weighted by molar-refractivity contribution is -0.209. The molecule has 0 bridgehead atoms. The Labute approximate surface area is 117 Å². The van der Waals surface area contributed by atoms with Gasteiger partial charge >= 0.3 is 5.97 Å². The maximum absolute atomic E-state index is 11.7. The molecule has 3 N–H and O–H groups in total. The summed E-state index contributed by atoms with van der Waals surface area (Å²) in [5.41, 5.74) is -2.06. The van der Waals surface area contributed by atoms with E-state index in [1.807, 2.05) is 0 Å². The first-order valence-electron chi connectivity index (χ1n) is 6.91. The number of aliphatic hydroxyl groups excluding tert-OH is 1. The molecule has 0 aromatic heterocycles. The van der Waals surface area contributed by atoms with E-state index in [4.69, 9.17) is 4.74 Å². The highest BCUT2D eigenvalue weighted by atomic mass is 16.6. The second kappa shape index (κ2) is 3.93. The molecule has 2 aliphatic carbocycles. The third-order valence-corrected chi connectivity index (χ3v) is 5.32. The zero-order valence-electron chi connectivity index (χ0n) is 11.7. The number of carbonyl (C=O) groups is 1. The molecule has 0 spiro atoms. The molecule has 6 atom stereocenters. The first kappa shape index (κ1) is 13.8. The normalized spacial score (nSPS) is 51.1. The van der Waals surface area contributed by atoms with Crippen molar-refractivity contribution in [1.29, 1.82) is 0 Å². The molecule has 1 saturated heterocycles. The van der Waals surface area contributed by atoms with Crippen LogP contribution in [0.3, 0.4) is 0 Å². The Morgan fingerprint density at radius 3 is 2.75 bits per heavy atom. The summed E-state index contributed by atoms with van der Waals surface area (Å²) in [6, 6.07) is 0. The van der Waals surface area contributed by atoms with E-state index in [1.54, 1.807) is 6.92 Å². The van der Waals surface area contributed by atoms with E-state index in [1.165, 1.54) is 13.0 Å². The minimum Gasteiger partial charge on any atom is -0.458 e. The molecule has 0 radical (unpaired) electrons. The first-order valence-corrected chi connectivity index (χ1v) is 6.91. The van der Waals surface area contributed by atoms with Gasteiger partial charge in [-0.2, -0.15) is 0 Å². The van der Waals surface area contributed by atoms with Crippen LogP contribution < -0.4 is 0 Å². The minimum absolute atomic E-state index is 0.221. The first-order chi connectivity index (χ1) is 9.20. The van der Waals surface area contributed by atoms with Crippen molar-refractivity contribution < 1.29 is 24.9 Å². The number of fused-ring (bicyclic) bond motifs is 3. The topological polar surface area (TPSA) is 87.0 Å². The molecule has 0 aromatic carbocycles. The molecule has 1 heterocycles. The molecule has 2 fully saturated rings. The number of aliphatic hydroxyl groups is 3. The highest BCUT2D eigenvalue weighted by molar-refractivity contribution is 5.91. The van der Waals surface area contributed by atoms with Crippen molar-refractivity contribution in [2.24, 2.45) is 11.8 Å². The fourth-order valence-electron chi connectivity index (χ4n) is 4.08. The van der Waals surface area contributed by atoms with Crippen LogP contribution in [0.5, 0.6) is 0 Å². The van der Waals surface area contributed by atoms with Crippen LogP contribution in [-0.2, 0) is 9.53 Å². The van der Waals surface area contributed by atoms with E-state index in [-0.39, 0.29) is 12.3 Å². The Bertz CT molecular complexity index is 520. The van der Waals surface area contributed by atoms with E-state index in [0.29, 0.717) is 12.0 Å². The van der Waals surface area contributed by atoms with E-state index >= 15 is 0 Å². The second-order valence-electron chi connectivity index (χ2n) is 6.47. The smallest absolute Gasteiger partial charge is 0.334 e. The van der Waals surface area contributed by atoms with E-state index in [9.17, 15) is 20.1 Å². The van der Waals surface area contributed by atoms with Crippen molar-refractivity contribution in [1.82, 2.24) is 0 Å². The van der Waals surface area contributed by atoms with Gasteiger partial charge in [0.05, 0.1) is 11.5 Å². The average Bonchev–Trinajstić information content (AvgIpc) is 2.71. The summed E-state index contributed by atoms with van der Waals surface area (Å²) >= 11 is 0. The summed E-state index contributed by atoms with van der Waals surface area (Å²) in [5, 5.41) is 31.9. The molecule has 6 unspecified atom stereocenters. The van der Waals surface area contributed by atoms with Crippen LogP contribution >= 0.6 is 0 Å². The van der Waals surface area contributed by atoms with Crippen molar-refractivity contribution in [2.45, 2.75) is 50.1 Å². The molecule has 5 heteroatoms. The lowest BCUT2D eigenvalue weighted by Crippen LogP contribution is -2.62. The fourth-order valence-corrected chi connectivity index (χ4v) is 4.08. The number of hydrogen-bond donors (Lipinski definition) is 3. The number of hydrogen-bond acceptors (Lipinski definition) is 5.